The fraction of sp³-hybridized carbons (Fsp3) is 0.263. The summed E-state index contributed by atoms with van der Waals surface area (Å²) >= 11 is 3.75. The zero-order chi connectivity index (χ0) is 16.7. The summed E-state index contributed by atoms with van der Waals surface area (Å²) in [5.74, 6) is 0.851. The first-order valence-corrected chi connectivity index (χ1v) is 8.41. The van der Waals surface area contributed by atoms with Gasteiger partial charge in [0, 0.05) is 33.3 Å². The largest absolute Gasteiger partial charge is 0.494 e. The number of hydrogen-bond acceptors (Lipinski definition) is 1. The molecule has 0 saturated carbocycles. The highest BCUT2D eigenvalue weighted by Crippen LogP contribution is 2.36. The molecule has 4 heteroatoms. The second-order valence-corrected chi connectivity index (χ2v) is 6.74. The van der Waals surface area contributed by atoms with Crippen molar-refractivity contribution < 1.29 is 4.74 Å². The van der Waals surface area contributed by atoms with E-state index < -0.39 is 0 Å². The van der Waals surface area contributed by atoms with Crippen molar-refractivity contribution in [1.29, 1.82) is 0 Å². The summed E-state index contributed by atoms with van der Waals surface area (Å²) in [5.41, 5.74) is 6.92. The summed E-state index contributed by atoms with van der Waals surface area (Å²) in [7, 11) is 1.72. The summed E-state index contributed by atoms with van der Waals surface area (Å²) in [6.07, 6.45) is 0. The molecule has 2 aromatic heterocycles. The SMILES string of the molecule is COc1cc(-n2c(C)ccc2C)cc(Br)c1-n1c(C)ccc1C. The molecule has 3 rings (SSSR count). The number of methoxy groups -OCH3 is 1. The Labute approximate surface area is 145 Å². The van der Waals surface area contributed by atoms with E-state index in [1.54, 1.807) is 7.11 Å². The summed E-state index contributed by atoms with van der Waals surface area (Å²) in [6.45, 7) is 8.43. The minimum absolute atomic E-state index is 0.851. The van der Waals surface area contributed by atoms with Gasteiger partial charge in [0.25, 0.3) is 0 Å². The van der Waals surface area contributed by atoms with Crippen LogP contribution in [0, 0.1) is 27.7 Å². The van der Waals surface area contributed by atoms with Crippen molar-refractivity contribution in [1.82, 2.24) is 9.13 Å². The molecule has 0 saturated heterocycles. The Balaban J connectivity index is 2.26. The van der Waals surface area contributed by atoms with E-state index in [9.17, 15) is 0 Å². The van der Waals surface area contributed by atoms with Gasteiger partial charge in [-0.3, -0.25) is 0 Å². The highest BCUT2D eigenvalue weighted by Gasteiger charge is 2.16. The summed E-state index contributed by atoms with van der Waals surface area (Å²) in [6, 6.07) is 12.7. The van der Waals surface area contributed by atoms with Crippen LogP contribution in [0.25, 0.3) is 11.4 Å². The minimum Gasteiger partial charge on any atom is -0.494 e. The molecule has 0 unspecified atom stereocenters. The predicted octanol–water partition coefficient (Wildman–Crippen LogP) is 5.27. The topological polar surface area (TPSA) is 19.1 Å². The summed E-state index contributed by atoms with van der Waals surface area (Å²) in [4.78, 5) is 0. The number of hydrogen-bond donors (Lipinski definition) is 0. The highest BCUT2D eigenvalue weighted by atomic mass is 79.9. The Morgan fingerprint density at radius 1 is 0.783 bits per heavy atom. The number of ether oxygens (including phenoxy) is 1. The standard InChI is InChI=1S/C19H21BrN2O/c1-12-6-7-13(2)21(12)16-10-17(20)19(18(11-16)23-5)22-14(3)8-9-15(22)4/h6-11H,1-5H3. The van der Waals surface area contributed by atoms with Gasteiger partial charge in [-0.15, -0.1) is 0 Å². The lowest BCUT2D eigenvalue weighted by atomic mass is 10.2. The van der Waals surface area contributed by atoms with E-state index in [0.29, 0.717) is 0 Å². The number of aromatic nitrogens is 2. The molecule has 120 valence electrons. The van der Waals surface area contributed by atoms with Gasteiger partial charge in [-0.25, -0.2) is 0 Å². The quantitative estimate of drug-likeness (QED) is 0.612. The minimum atomic E-state index is 0.851. The molecule has 0 bridgehead atoms. The Hall–Kier alpha value is -1.94. The van der Waals surface area contributed by atoms with Crippen LogP contribution in [0.2, 0.25) is 0 Å². The summed E-state index contributed by atoms with van der Waals surface area (Å²) in [5, 5.41) is 0. The van der Waals surface area contributed by atoms with Crippen LogP contribution in [-0.4, -0.2) is 16.2 Å². The molecule has 2 heterocycles. The van der Waals surface area contributed by atoms with Gasteiger partial charge in [-0.2, -0.15) is 0 Å². The molecule has 23 heavy (non-hydrogen) atoms. The van der Waals surface area contributed by atoms with Crippen LogP contribution in [0.4, 0.5) is 0 Å². The molecule has 0 aliphatic carbocycles. The van der Waals surface area contributed by atoms with Gasteiger partial charge in [-0.1, -0.05) is 0 Å². The Morgan fingerprint density at radius 2 is 1.26 bits per heavy atom. The van der Waals surface area contributed by atoms with Crippen molar-refractivity contribution in [2.24, 2.45) is 0 Å². The highest BCUT2D eigenvalue weighted by molar-refractivity contribution is 9.10. The molecule has 0 atom stereocenters. The van der Waals surface area contributed by atoms with Crippen molar-refractivity contribution in [3.8, 4) is 17.1 Å². The monoisotopic (exact) mass is 372 g/mol. The fourth-order valence-corrected chi connectivity index (χ4v) is 3.77. The molecule has 0 aliphatic rings. The number of benzene rings is 1. The number of rotatable bonds is 3. The molecule has 0 radical (unpaired) electrons. The maximum atomic E-state index is 5.71. The molecule has 0 fully saturated rings. The maximum Gasteiger partial charge on any atom is 0.146 e. The first-order chi connectivity index (χ1) is 10.9. The van der Waals surface area contributed by atoms with E-state index in [1.807, 2.05) is 0 Å². The molecule has 0 amide bonds. The van der Waals surface area contributed by atoms with E-state index in [0.717, 1.165) is 21.6 Å². The van der Waals surface area contributed by atoms with Crippen LogP contribution < -0.4 is 4.74 Å². The number of halogens is 1. The maximum absolute atomic E-state index is 5.71. The fourth-order valence-electron chi connectivity index (χ4n) is 3.16. The smallest absolute Gasteiger partial charge is 0.146 e. The molecule has 0 N–H and O–H groups in total. The third-order valence-electron chi connectivity index (χ3n) is 4.26. The van der Waals surface area contributed by atoms with Gasteiger partial charge in [0.2, 0.25) is 0 Å². The number of aryl methyl sites for hydroxylation is 4. The van der Waals surface area contributed by atoms with Gasteiger partial charge < -0.3 is 13.9 Å². The van der Waals surface area contributed by atoms with Crippen LogP contribution in [-0.2, 0) is 0 Å². The van der Waals surface area contributed by atoms with Crippen LogP contribution in [0.1, 0.15) is 22.8 Å². The normalized spacial score (nSPS) is 11.0. The van der Waals surface area contributed by atoms with Crippen molar-refractivity contribution in [2.45, 2.75) is 27.7 Å². The zero-order valence-electron chi connectivity index (χ0n) is 14.1. The second-order valence-electron chi connectivity index (χ2n) is 5.88. The van der Waals surface area contributed by atoms with Gasteiger partial charge in [0.15, 0.2) is 0 Å². The van der Waals surface area contributed by atoms with E-state index in [4.69, 9.17) is 4.74 Å². The molecule has 0 spiro atoms. The lowest BCUT2D eigenvalue weighted by Crippen LogP contribution is -2.06. The lowest BCUT2D eigenvalue weighted by Gasteiger charge is -2.19. The van der Waals surface area contributed by atoms with E-state index >= 15 is 0 Å². The van der Waals surface area contributed by atoms with Gasteiger partial charge in [0.05, 0.1) is 12.8 Å². The van der Waals surface area contributed by atoms with E-state index in [1.165, 1.54) is 22.8 Å². The Morgan fingerprint density at radius 3 is 1.74 bits per heavy atom. The Bertz CT molecular complexity index is 835. The average molecular weight is 373 g/mol. The van der Waals surface area contributed by atoms with Crippen LogP contribution >= 0.6 is 15.9 Å². The van der Waals surface area contributed by atoms with E-state index in [-0.39, 0.29) is 0 Å². The molecular formula is C19H21BrN2O. The molecular weight excluding hydrogens is 352 g/mol. The third-order valence-corrected chi connectivity index (χ3v) is 4.86. The summed E-state index contributed by atoms with van der Waals surface area (Å²) < 4.78 is 11.2. The zero-order valence-corrected chi connectivity index (χ0v) is 15.7. The van der Waals surface area contributed by atoms with Crippen molar-refractivity contribution >= 4 is 15.9 Å². The Kier molecular flexibility index (Phi) is 4.11. The molecule has 0 aliphatic heterocycles. The van der Waals surface area contributed by atoms with E-state index in [2.05, 4.69) is 89.2 Å². The first kappa shape index (κ1) is 15.9. The number of nitrogens with zero attached hydrogens (tertiary/aromatic N) is 2. The first-order valence-electron chi connectivity index (χ1n) is 7.62. The molecule has 3 nitrogen and oxygen atoms in total. The van der Waals surface area contributed by atoms with Crippen molar-refractivity contribution in [3.05, 3.63) is 63.6 Å². The third kappa shape index (κ3) is 2.61. The van der Waals surface area contributed by atoms with Gasteiger partial charge in [0.1, 0.15) is 11.4 Å². The lowest BCUT2D eigenvalue weighted by molar-refractivity contribution is 0.412. The van der Waals surface area contributed by atoms with Crippen LogP contribution in [0.3, 0.4) is 0 Å². The second kappa shape index (κ2) is 5.93. The van der Waals surface area contributed by atoms with Gasteiger partial charge >= 0.3 is 0 Å². The van der Waals surface area contributed by atoms with Crippen molar-refractivity contribution in [3.63, 3.8) is 0 Å². The van der Waals surface area contributed by atoms with Crippen LogP contribution in [0.5, 0.6) is 5.75 Å². The van der Waals surface area contributed by atoms with Gasteiger partial charge in [-0.05, 0) is 74.0 Å². The van der Waals surface area contributed by atoms with Crippen LogP contribution in [0.15, 0.2) is 40.9 Å². The average Bonchev–Trinajstić information content (AvgIpc) is 3.01. The predicted molar refractivity (Wildman–Crippen MR) is 98.3 cm³/mol. The molecule has 3 aromatic rings. The molecule has 1 aromatic carbocycles. The van der Waals surface area contributed by atoms with Crippen molar-refractivity contribution in [2.75, 3.05) is 7.11 Å².